The first-order chi connectivity index (χ1) is 9.15. The molecule has 0 atom stereocenters. The van der Waals surface area contributed by atoms with Crippen LogP contribution in [0.5, 0.6) is 0 Å². The van der Waals surface area contributed by atoms with Crippen LogP contribution >= 0.6 is 0 Å². The van der Waals surface area contributed by atoms with Gasteiger partial charge in [0, 0.05) is 19.1 Å². The lowest BCUT2D eigenvalue weighted by atomic mass is 10.3. The average Bonchev–Trinajstić information content (AvgIpc) is 2.36. The molecule has 108 valence electrons. The average molecular weight is 268 g/mol. The van der Waals surface area contributed by atoms with Crippen molar-refractivity contribution in [1.82, 2.24) is 15.0 Å². The fourth-order valence-electron chi connectivity index (χ4n) is 1.40. The van der Waals surface area contributed by atoms with E-state index in [4.69, 9.17) is 5.11 Å². The van der Waals surface area contributed by atoms with Crippen LogP contribution in [0.1, 0.15) is 33.6 Å². The normalized spacial score (nSPS) is 10.6. The smallest absolute Gasteiger partial charge is 0.229 e. The Labute approximate surface area is 114 Å². The van der Waals surface area contributed by atoms with E-state index >= 15 is 0 Å². The van der Waals surface area contributed by atoms with Crippen molar-refractivity contribution in [3.05, 3.63) is 0 Å². The highest BCUT2D eigenvalue weighted by molar-refractivity contribution is 5.42. The number of nitrogens with one attached hydrogen (secondary N) is 3. The van der Waals surface area contributed by atoms with E-state index in [0.717, 1.165) is 19.4 Å². The predicted octanol–water partition coefficient (Wildman–Crippen LogP) is 1.31. The van der Waals surface area contributed by atoms with Crippen LogP contribution in [0.25, 0.3) is 0 Å². The lowest BCUT2D eigenvalue weighted by Crippen LogP contribution is -2.17. The van der Waals surface area contributed by atoms with Crippen LogP contribution in [-0.2, 0) is 0 Å². The van der Waals surface area contributed by atoms with Crippen molar-refractivity contribution >= 4 is 17.8 Å². The summed E-state index contributed by atoms with van der Waals surface area (Å²) in [5, 5.41) is 18.1. The van der Waals surface area contributed by atoms with E-state index in [1.165, 1.54) is 0 Å². The number of unbranched alkanes of at least 4 members (excludes halogenated alkanes) is 1. The molecule has 1 aromatic heterocycles. The zero-order valence-electron chi connectivity index (χ0n) is 11.9. The molecule has 0 saturated heterocycles. The number of aromatic nitrogens is 3. The first kappa shape index (κ1) is 15.4. The SMILES string of the molecule is CCCCNc1nc(NCCO)nc(NC(C)C)n1. The molecule has 0 radical (unpaired) electrons. The lowest BCUT2D eigenvalue weighted by Gasteiger charge is -2.12. The van der Waals surface area contributed by atoms with Gasteiger partial charge in [0.25, 0.3) is 0 Å². The van der Waals surface area contributed by atoms with Gasteiger partial charge in [-0.15, -0.1) is 0 Å². The molecule has 0 spiro atoms. The fourth-order valence-corrected chi connectivity index (χ4v) is 1.40. The van der Waals surface area contributed by atoms with E-state index in [1.807, 2.05) is 13.8 Å². The summed E-state index contributed by atoms with van der Waals surface area (Å²) in [5.74, 6) is 1.54. The second-order valence-corrected chi connectivity index (χ2v) is 4.54. The molecular formula is C12H24N6O. The summed E-state index contributed by atoms with van der Waals surface area (Å²) in [6.07, 6.45) is 2.18. The standard InChI is InChI=1S/C12H24N6O/c1-4-5-6-13-10-16-11(14-7-8-19)18-12(17-10)15-9(2)3/h9,19H,4-8H2,1-3H3,(H3,13,14,15,16,17,18). The van der Waals surface area contributed by atoms with Gasteiger partial charge in [0.1, 0.15) is 0 Å². The topological polar surface area (TPSA) is 95.0 Å². The van der Waals surface area contributed by atoms with Gasteiger partial charge in [0.2, 0.25) is 17.8 Å². The lowest BCUT2D eigenvalue weighted by molar-refractivity contribution is 0.311. The molecule has 1 rings (SSSR count). The van der Waals surface area contributed by atoms with Gasteiger partial charge in [0.15, 0.2) is 0 Å². The monoisotopic (exact) mass is 268 g/mol. The summed E-state index contributed by atoms with van der Waals surface area (Å²) >= 11 is 0. The maximum atomic E-state index is 8.82. The van der Waals surface area contributed by atoms with Gasteiger partial charge in [-0.1, -0.05) is 13.3 Å². The molecule has 0 bridgehead atoms. The predicted molar refractivity (Wildman–Crippen MR) is 77.6 cm³/mol. The Morgan fingerprint density at radius 2 is 1.58 bits per heavy atom. The van der Waals surface area contributed by atoms with E-state index in [0.29, 0.717) is 24.4 Å². The van der Waals surface area contributed by atoms with Gasteiger partial charge in [0.05, 0.1) is 6.61 Å². The third-order valence-electron chi connectivity index (χ3n) is 2.26. The summed E-state index contributed by atoms with van der Waals surface area (Å²) < 4.78 is 0. The third kappa shape index (κ3) is 6.19. The van der Waals surface area contributed by atoms with E-state index < -0.39 is 0 Å². The Hall–Kier alpha value is -1.63. The summed E-state index contributed by atoms with van der Waals surface area (Å²) in [6.45, 7) is 7.47. The first-order valence-electron chi connectivity index (χ1n) is 6.77. The molecule has 0 aliphatic heterocycles. The van der Waals surface area contributed by atoms with Crippen LogP contribution in [0.3, 0.4) is 0 Å². The maximum Gasteiger partial charge on any atom is 0.229 e. The van der Waals surface area contributed by atoms with Crippen LogP contribution in [0.15, 0.2) is 0 Å². The largest absolute Gasteiger partial charge is 0.395 e. The maximum absolute atomic E-state index is 8.82. The minimum absolute atomic E-state index is 0.0389. The van der Waals surface area contributed by atoms with Gasteiger partial charge in [-0.25, -0.2) is 0 Å². The minimum Gasteiger partial charge on any atom is -0.395 e. The highest BCUT2D eigenvalue weighted by atomic mass is 16.3. The Balaban J connectivity index is 2.75. The fraction of sp³-hybridized carbons (Fsp3) is 0.750. The highest BCUT2D eigenvalue weighted by Gasteiger charge is 2.06. The van der Waals surface area contributed by atoms with Crippen LogP contribution in [-0.4, -0.2) is 45.8 Å². The molecular weight excluding hydrogens is 244 g/mol. The van der Waals surface area contributed by atoms with E-state index in [9.17, 15) is 0 Å². The molecule has 0 fully saturated rings. The molecule has 0 aliphatic rings. The zero-order chi connectivity index (χ0) is 14.1. The van der Waals surface area contributed by atoms with Crippen molar-refractivity contribution in [2.24, 2.45) is 0 Å². The Kier molecular flexibility index (Phi) is 6.88. The molecule has 0 aliphatic carbocycles. The van der Waals surface area contributed by atoms with Crippen LogP contribution in [0.2, 0.25) is 0 Å². The molecule has 0 unspecified atom stereocenters. The van der Waals surface area contributed by atoms with Crippen LogP contribution in [0.4, 0.5) is 17.8 Å². The van der Waals surface area contributed by atoms with Gasteiger partial charge in [-0.3, -0.25) is 0 Å². The van der Waals surface area contributed by atoms with Crippen LogP contribution < -0.4 is 16.0 Å². The van der Waals surface area contributed by atoms with Crippen molar-refractivity contribution in [3.63, 3.8) is 0 Å². The molecule has 4 N–H and O–H groups in total. The first-order valence-corrected chi connectivity index (χ1v) is 6.77. The summed E-state index contributed by atoms with van der Waals surface area (Å²) in [7, 11) is 0. The van der Waals surface area contributed by atoms with Gasteiger partial charge >= 0.3 is 0 Å². The summed E-state index contributed by atoms with van der Waals surface area (Å²) in [5.41, 5.74) is 0. The molecule has 19 heavy (non-hydrogen) atoms. The second kappa shape index (κ2) is 8.47. The van der Waals surface area contributed by atoms with Gasteiger partial charge in [-0.2, -0.15) is 15.0 Å². The molecule has 1 aromatic rings. The number of rotatable bonds is 9. The molecule has 1 heterocycles. The van der Waals surface area contributed by atoms with Gasteiger partial charge in [-0.05, 0) is 20.3 Å². The van der Waals surface area contributed by atoms with Gasteiger partial charge < -0.3 is 21.1 Å². The van der Waals surface area contributed by atoms with E-state index in [2.05, 4.69) is 37.8 Å². The summed E-state index contributed by atoms with van der Waals surface area (Å²) in [4.78, 5) is 12.8. The molecule has 7 heteroatoms. The van der Waals surface area contributed by atoms with Crippen LogP contribution in [0, 0.1) is 0 Å². The van der Waals surface area contributed by atoms with Crippen molar-refractivity contribution in [1.29, 1.82) is 0 Å². The number of nitrogens with zero attached hydrogens (tertiary/aromatic N) is 3. The minimum atomic E-state index is 0.0389. The highest BCUT2D eigenvalue weighted by Crippen LogP contribution is 2.10. The summed E-state index contributed by atoms with van der Waals surface area (Å²) in [6, 6.07) is 0.247. The van der Waals surface area contributed by atoms with Crippen molar-refractivity contribution in [2.45, 2.75) is 39.7 Å². The number of aliphatic hydroxyl groups excluding tert-OH is 1. The number of hydrogen-bond acceptors (Lipinski definition) is 7. The molecule has 0 aromatic carbocycles. The second-order valence-electron chi connectivity index (χ2n) is 4.54. The number of hydrogen-bond donors (Lipinski definition) is 4. The van der Waals surface area contributed by atoms with E-state index in [-0.39, 0.29) is 12.6 Å². The van der Waals surface area contributed by atoms with Crippen molar-refractivity contribution in [3.8, 4) is 0 Å². The Morgan fingerprint density at radius 3 is 2.11 bits per heavy atom. The van der Waals surface area contributed by atoms with Crippen molar-refractivity contribution < 1.29 is 5.11 Å². The molecule has 0 saturated carbocycles. The quantitative estimate of drug-likeness (QED) is 0.501. The number of aliphatic hydroxyl groups is 1. The Morgan fingerprint density at radius 1 is 1.00 bits per heavy atom. The third-order valence-corrected chi connectivity index (χ3v) is 2.26. The zero-order valence-corrected chi connectivity index (χ0v) is 11.9. The Bertz CT molecular complexity index is 371. The van der Waals surface area contributed by atoms with Crippen molar-refractivity contribution in [2.75, 3.05) is 35.6 Å². The molecule has 7 nitrogen and oxygen atoms in total. The number of anilines is 3. The molecule has 0 amide bonds. The van der Waals surface area contributed by atoms with E-state index in [1.54, 1.807) is 0 Å².